The van der Waals surface area contributed by atoms with Crippen molar-refractivity contribution < 1.29 is 63.2 Å². The molecule has 0 aliphatic carbocycles. The molecule has 14 heteroatoms. The van der Waals surface area contributed by atoms with E-state index >= 15 is 0 Å². The zero-order chi connectivity index (χ0) is 27.7. The van der Waals surface area contributed by atoms with Gasteiger partial charge in [0.05, 0.1) is 19.8 Å². The summed E-state index contributed by atoms with van der Waals surface area (Å²) in [6.07, 6.45) is -14.5. The van der Waals surface area contributed by atoms with Gasteiger partial charge >= 0.3 is 11.6 Å². The number of hydrogen-bond acceptors (Lipinski definition) is 14. The normalized spacial score (nSPS) is 35.6. The molecular weight excluding hydrogens is 512 g/mol. The van der Waals surface area contributed by atoms with Crippen molar-refractivity contribution in [2.24, 2.45) is 0 Å². The summed E-state index contributed by atoms with van der Waals surface area (Å²) in [7, 11) is 1.41. The molecule has 0 spiro atoms. The Labute approximate surface area is 215 Å². The lowest BCUT2D eigenvalue weighted by Crippen LogP contribution is -2.62. The van der Waals surface area contributed by atoms with Crippen molar-refractivity contribution >= 4 is 16.9 Å². The lowest BCUT2D eigenvalue weighted by Gasteiger charge is -2.43. The Morgan fingerprint density at radius 1 is 0.947 bits per heavy atom. The topological polar surface area (TPSA) is 204 Å². The van der Waals surface area contributed by atoms with Crippen molar-refractivity contribution in [2.75, 3.05) is 13.7 Å². The molecule has 2 fully saturated rings. The third-order valence-electron chi connectivity index (χ3n) is 6.32. The molecule has 10 atom stereocenters. The molecule has 38 heavy (non-hydrogen) atoms. The molecule has 0 bridgehead atoms. The summed E-state index contributed by atoms with van der Waals surface area (Å²) in [6, 6.07) is 5.67. The van der Waals surface area contributed by atoms with Gasteiger partial charge < -0.3 is 58.4 Å². The Morgan fingerprint density at radius 3 is 2.37 bits per heavy atom. The van der Waals surface area contributed by atoms with E-state index in [9.17, 15) is 35.1 Å². The van der Waals surface area contributed by atoms with Crippen LogP contribution in [-0.4, -0.2) is 107 Å². The number of rotatable bonds is 7. The van der Waals surface area contributed by atoms with Gasteiger partial charge in [-0.2, -0.15) is 0 Å². The monoisotopic (exact) mass is 542 g/mol. The first-order valence-corrected chi connectivity index (χ1v) is 11.8. The van der Waals surface area contributed by atoms with Crippen LogP contribution in [0.3, 0.4) is 0 Å². The molecule has 2 aliphatic rings. The zero-order valence-corrected chi connectivity index (χ0v) is 20.7. The number of methoxy groups -OCH3 is 1. The summed E-state index contributed by atoms with van der Waals surface area (Å²) in [6.45, 7) is 2.08. The van der Waals surface area contributed by atoms with E-state index in [4.69, 9.17) is 32.8 Å². The van der Waals surface area contributed by atoms with Crippen LogP contribution < -0.4 is 15.1 Å². The molecule has 4 rings (SSSR count). The van der Waals surface area contributed by atoms with E-state index in [-0.39, 0.29) is 11.3 Å². The number of carbonyl (C=O) groups is 1. The number of fused-ring (bicyclic) bond motifs is 1. The van der Waals surface area contributed by atoms with Crippen LogP contribution in [0.25, 0.3) is 11.0 Å². The van der Waals surface area contributed by atoms with Crippen LogP contribution >= 0.6 is 0 Å². The van der Waals surface area contributed by atoms with Gasteiger partial charge in [-0.15, -0.1) is 0 Å². The fourth-order valence-electron chi connectivity index (χ4n) is 4.25. The molecule has 10 unspecified atom stereocenters. The Kier molecular flexibility index (Phi) is 8.54. The quantitative estimate of drug-likeness (QED) is 0.198. The molecular formula is C24H30O14. The second-order valence-electron chi connectivity index (χ2n) is 9.03. The minimum Gasteiger partial charge on any atom is -0.497 e. The predicted molar refractivity (Wildman–Crippen MR) is 124 cm³/mol. The summed E-state index contributed by atoms with van der Waals surface area (Å²) < 4.78 is 38.3. The molecule has 0 amide bonds. The van der Waals surface area contributed by atoms with Gasteiger partial charge in [-0.25, -0.2) is 4.79 Å². The molecule has 3 heterocycles. The molecule has 0 saturated carbocycles. The van der Waals surface area contributed by atoms with Crippen LogP contribution in [0.4, 0.5) is 0 Å². The van der Waals surface area contributed by atoms with Crippen molar-refractivity contribution in [3.63, 3.8) is 0 Å². The first-order chi connectivity index (χ1) is 18.0. The van der Waals surface area contributed by atoms with Crippen LogP contribution in [0.15, 0.2) is 33.5 Å². The summed E-state index contributed by atoms with van der Waals surface area (Å²) >= 11 is 0. The summed E-state index contributed by atoms with van der Waals surface area (Å²) in [5, 5.41) is 51.9. The molecule has 1 aromatic heterocycles. The first-order valence-electron chi connectivity index (χ1n) is 11.8. The number of ether oxygens (including phenoxy) is 6. The molecule has 2 aliphatic heterocycles. The number of esters is 1. The van der Waals surface area contributed by atoms with Crippen LogP contribution in [0.1, 0.15) is 13.8 Å². The van der Waals surface area contributed by atoms with E-state index in [2.05, 4.69) is 0 Å². The third kappa shape index (κ3) is 5.77. The summed E-state index contributed by atoms with van der Waals surface area (Å²) in [5.74, 6) is -0.505. The van der Waals surface area contributed by atoms with Gasteiger partial charge in [-0.3, -0.25) is 4.79 Å². The number of aliphatic hydroxyl groups excluding tert-OH is 5. The van der Waals surface area contributed by atoms with Crippen LogP contribution in [-0.2, 0) is 23.7 Å². The highest BCUT2D eigenvalue weighted by molar-refractivity contribution is 5.84. The molecule has 2 saturated heterocycles. The van der Waals surface area contributed by atoms with Gasteiger partial charge in [0.15, 0.2) is 23.7 Å². The van der Waals surface area contributed by atoms with Gasteiger partial charge in [0, 0.05) is 24.4 Å². The van der Waals surface area contributed by atoms with Crippen molar-refractivity contribution in [2.45, 2.75) is 75.3 Å². The van der Waals surface area contributed by atoms with Gasteiger partial charge in [-0.05, 0) is 19.1 Å². The highest BCUT2D eigenvalue weighted by Gasteiger charge is 2.49. The van der Waals surface area contributed by atoms with Crippen molar-refractivity contribution in [3.8, 4) is 11.5 Å². The SMILES string of the molecule is COc1cc(OC2OC(COC3OC(C)C(O)C(O)C3O)C(O)C(O)C2OC(C)=O)c2oc(=O)ccc2c1. The van der Waals surface area contributed by atoms with Gasteiger partial charge in [0.2, 0.25) is 6.29 Å². The standard InChI is InChI=1S/C24H30O14/c1-9-16(27)18(29)20(31)23(34-9)33-8-14-17(28)19(30)22(35-10(2)25)24(37-14)36-13-7-12(32-3)6-11-4-5-15(26)38-21(11)13/h4-7,9,14,16-20,22-24,27-31H,8H2,1-3H3. The van der Waals surface area contributed by atoms with Crippen molar-refractivity contribution in [3.05, 3.63) is 34.7 Å². The van der Waals surface area contributed by atoms with Crippen LogP contribution in [0.2, 0.25) is 0 Å². The Hall–Kier alpha value is -2.82. The van der Waals surface area contributed by atoms with E-state index < -0.39 is 79.6 Å². The maximum atomic E-state index is 11.9. The largest absolute Gasteiger partial charge is 0.497 e. The fourth-order valence-corrected chi connectivity index (χ4v) is 4.25. The van der Waals surface area contributed by atoms with E-state index in [1.807, 2.05) is 0 Å². The van der Waals surface area contributed by atoms with Gasteiger partial charge in [0.1, 0.15) is 42.4 Å². The Balaban J connectivity index is 1.59. The predicted octanol–water partition coefficient (Wildman–Crippen LogP) is -1.60. The lowest BCUT2D eigenvalue weighted by atomic mass is 9.98. The van der Waals surface area contributed by atoms with Gasteiger partial charge in [0.25, 0.3) is 0 Å². The average Bonchev–Trinajstić information content (AvgIpc) is 2.88. The van der Waals surface area contributed by atoms with Crippen molar-refractivity contribution in [1.82, 2.24) is 0 Å². The number of aliphatic hydroxyl groups is 5. The molecule has 210 valence electrons. The Morgan fingerprint density at radius 2 is 1.68 bits per heavy atom. The highest BCUT2D eigenvalue weighted by Crippen LogP contribution is 2.34. The average molecular weight is 542 g/mol. The maximum Gasteiger partial charge on any atom is 0.336 e. The first kappa shape index (κ1) is 28.2. The summed E-state index contributed by atoms with van der Waals surface area (Å²) in [5.41, 5.74) is -0.639. The van der Waals surface area contributed by atoms with E-state index in [1.165, 1.54) is 32.2 Å². The molecule has 1 aromatic carbocycles. The molecule has 14 nitrogen and oxygen atoms in total. The smallest absolute Gasteiger partial charge is 0.336 e. The summed E-state index contributed by atoms with van der Waals surface area (Å²) in [4.78, 5) is 23.6. The fraction of sp³-hybridized carbons (Fsp3) is 0.583. The molecule has 0 radical (unpaired) electrons. The number of benzene rings is 1. The zero-order valence-electron chi connectivity index (χ0n) is 20.7. The van der Waals surface area contributed by atoms with Gasteiger partial charge in [-0.1, -0.05) is 0 Å². The highest BCUT2D eigenvalue weighted by atomic mass is 16.7. The van der Waals surface area contributed by atoms with Crippen LogP contribution in [0, 0.1) is 0 Å². The minimum absolute atomic E-state index is 0.0251. The lowest BCUT2D eigenvalue weighted by molar-refractivity contribution is -0.319. The van der Waals surface area contributed by atoms with E-state index in [0.29, 0.717) is 11.1 Å². The van der Waals surface area contributed by atoms with Crippen LogP contribution in [0.5, 0.6) is 11.5 Å². The minimum atomic E-state index is -1.71. The maximum absolute atomic E-state index is 11.9. The number of hydrogen-bond donors (Lipinski definition) is 5. The van der Waals surface area contributed by atoms with E-state index in [1.54, 1.807) is 6.07 Å². The second kappa shape index (κ2) is 11.5. The second-order valence-corrected chi connectivity index (χ2v) is 9.03. The Bertz CT molecular complexity index is 1180. The number of carbonyl (C=O) groups excluding carboxylic acids is 1. The third-order valence-corrected chi connectivity index (χ3v) is 6.32. The van der Waals surface area contributed by atoms with Crippen molar-refractivity contribution in [1.29, 1.82) is 0 Å². The molecule has 2 aromatic rings. The van der Waals surface area contributed by atoms with E-state index in [0.717, 1.165) is 6.92 Å². The molecule has 5 N–H and O–H groups in total.